The van der Waals surface area contributed by atoms with Crippen molar-refractivity contribution in [1.82, 2.24) is 15.2 Å². The predicted octanol–water partition coefficient (Wildman–Crippen LogP) is 2.03. The maximum Gasteiger partial charge on any atom is 0.295 e. The number of nitrogens with zero attached hydrogens (tertiary/aromatic N) is 2. The molecule has 0 radical (unpaired) electrons. The van der Waals surface area contributed by atoms with Crippen molar-refractivity contribution < 1.29 is 9.53 Å². The van der Waals surface area contributed by atoms with E-state index in [0.29, 0.717) is 22.3 Å². The number of ether oxygens (including phenoxy) is 1. The number of amides is 1. The standard InChI is InChI=1S/C11H11ClN4O2/c1-6-13-10(16-15-6)11(17)14-8-5-7(12)3-4-9(8)18-2/h3-5H,1-2H3,(H,14,17)(H,13,15,16). The molecule has 0 spiro atoms. The smallest absolute Gasteiger partial charge is 0.295 e. The summed E-state index contributed by atoms with van der Waals surface area (Å²) in [6.07, 6.45) is 0. The molecule has 18 heavy (non-hydrogen) atoms. The maximum atomic E-state index is 11.9. The van der Waals surface area contributed by atoms with Gasteiger partial charge in [0, 0.05) is 5.02 Å². The zero-order valence-electron chi connectivity index (χ0n) is 9.82. The Balaban J connectivity index is 2.23. The lowest BCUT2D eigenvalue weighted by atomic mass is 10.3. The van der Waals surface area contributed by atoms with E-state index >= 15 is 0 Å². The van der Waals surface area contributed by atoms with Crippen LogP contribution in [0, 0.1) is 6.92 Å². The molecule has 0 unspecified atom stereocenters. The molecule has 7 heteroatoms. The number of carbonyl (C=O) groups excluding carboxylic acids is 1. The summed E-state index contributed by atoms with van der Waals surface area (Å²) in [6, 6.07) is 4.94. The largest absolute Gasteiger partial charge is 0.495 e. The van der Waals surface area contributed by atoms with Crippen LogP contribution < -0.4 is 10.1 Å². The first-order chi connectivity index (χ1) is 8.60. The van der Waals surface area contributed by atoms with Gasteiger partial charge in [-0.15, -0.1) is 5.10 Å². The summed E-state index contributed by atoms with van der Waals surface area (Å²) in [5.74, 6) is 0.715. The number of rotatable bonds is 3. The Bertz CT molecular complexity index is 582. The minimum atomic E-state index is -0.431. The molecule has 6 nitrogen and oxygen atoms in total. The molecule has 0 aliphatic heterocycles. The minimum Gasteiger partial charge on any atom is -0.495 e. The van der Waals surface area contributed by atoms with E-state index in [1.807, 2.05) is 0 Å². The number of aryl methyl sites for hydroxylation is 1. The molecule has 0 fully saturated rings. The number of H-pyrrole nitrogens is 1. The molecule has 1 aromatic carbocycles. The fraction of sp³-hybridized carbons (Fsp3) is 0.182. The number of halogens is 1. The fourth-order valence-electron chi connectivity index (χ4n) is 1.40. The van der Waals surface area contributed by atoms with Crippen LogP contribution in [0.1, 0.15) is 16.4 Å². The van der Waals surface area contributed by atoms with E-state index in [2.05, 4.69) is 20.5 Å². The number of nitrogens with one attached hydrogen (secondary N) is 2. The molecule has 1 amide bonds. The summed E-state index contributed by atoms with van der Waals surface area (Å²) in [5.41, 5.74) is 0.470. The second-order valence-corrected chi connectivity index (χ2v) is 3.98. The SMILES string of the molecule is COc1ccc(Cl)cc1NC(=O)c1n[nH]c(C)n1. The number of aromatic nitrogens is 3. The maximum absolute atomic E-state index is 11.9. The van der Waals surface area contributed by atoms with Gasteiger partial charge in [0.05, 0.1) is 12.8 Å². The van der Waals surface area contributed by atoms with Gasteiger partial charge in [0.2, 0.25) is 5.82 Å². The summed E-state index contributed by atoms with van der Waals surface area (Å²) >= 11 is 5.86. The molecular weight excluding hydrogens is 256 g/mol. The Morgan fingerprint density at radius 1 is 1.50 bits per heavy atom. The van der Waals surface area contributed by atoms with Crippen LogP contribution in [0.25, 0.3) is 0 Å². The summed E-state index contributed by atoms with van der Waals surface area (Å²) < 4.78 is 5.12. The van der Waals surface area contributed by atoms with Crippen molar-refractivity contribution in [3.8, 4) is 5.75 Å². The molecule has 1 heterocycles. The average molecular weight is 267 g/mol. The summed E-state index contributed by atoms with van der Waals surface area (Å²) in [6.45, 7) is 1.71. The van der Waals surface area contributed by atoms with Crippen molar-refractivity contribution >= 4 is 23.2 Å². The number of hydrogen-bond acceptors (Lipinski definition) is 4. The van der Waals surface area contributed by atoms with Gasteiger partial charge in [-0.3, -0.25) is 9.89 Å². The normalized spacial score (nSPS) is 10.2. The second kappa shape index (κ2) is 5.05. The fourth-order valence-corrected chi connectivity index (χ4v) is 1.57. The molecule has 94 valence electrons. The highest BCUT2D eigenvalue weighted by atomic mass is 35.5. The molecule has 0 saturated heterocycles. The topological polar surface area (TPSA) is 79.9 Å². The first-order valence-electron chi connectivity index (χ1n) is 5.14. The van der Waals surface area contributed by atoms with Crippen LogP contribution in [-0.4, -0.2) is 28.2 Å². The number of methoxy groups -OCH3 is 1. The predicted molar refractivity (Wildman–Crippen MR) is 67.1 cm³/mol. The first-order valence-corrected chi connectivity index (χ1v) is 5.52. The second-order valence-electron chi connectivity index (χ2n) is 3.54. The Morgan fingerprint density at radius 2 is 2.28 bits per heavy atom. The number of aromatic amines is 1. The van der Waals surface area contributed by atoms with Crippen molar-refractivity contribution in [2.75, 3.05) is 12.4 Å². The molecular formula is C11H11ClN4O2. The summed E-state index contributed by atoms with van der Waals surface area (Å²) in [4.78, 5) is 15.8. The van der Waals surface area contributed by atoms with Gasteiger partial charge in [-0.2, -0.15) is 0 Å². The van der Waals surface area contributed by atoms with E-state index in [1.165, 1.54) is 7.11 Å². The zero-order valence-corrected chi connectivity index (χ0v) is 10.6. The van der Waals surface area contributed by atoms with Crippen LogP contribution in [0.2, 0.25) is 5.02 Å². The number of anilines is 1. The zero-order chi connectivity index (χ0) is 13.1. The highest BCUT2D eigenvalue weighted by molar-refractivity contribution is 6.31. The van der Waals surface area contributed by atoms with Gasteiger partial charge in [0.1, 0.15) is 11.6 Å². The lowest BCUT2D eigenvalue weighted by molar-refractivity contribution is 0.101. The molecule has 0 atom stereocenters. The lowest BCUT2D eigenvalue weighted by Crippen LogP contribution is -2.14. The monoisotopic (exact) mass is 266 g/mol. The van der Waals surface area contributed by atoms with Crippen molar-refractivity contribution in [1.29, 1.82) is 0 Å². The van der Waals surface area contributed by atoms with Crippen LogP contribution in [0.15, 0.2) is 18.2 Å². The molecule has 2 N–H and O–H groups in total. The lowest BCUT2D eigenvalue weighted by Gasteiger charge is -2.08. The molecule has 0 bridgehead atoms. The van der Waals surface area contributed by atoms with Crippen LogP contribution in [-0.2, 0) is 0 Å². The van der Waals surface area contributed by atoms with E-state index in [0.717, 1.165) is 0 Å². The molecule has 1 aromatic heterocycles. The molecule has 2 rings (SSSR count). The van der Waals surface area contributed by atoms with E-state index in [4.69, 9.17) is 16.3 Å². The van der Waals surface area contributed by atoms with Gasteiger partial charge in [-0.05, 0) is 25.1 Å². The van der Waals surface area contributed by atoms with Gasteiger partial charge < -0.3 is 10.1 Å². The van der Waals surface area contributed by atoms with E-state index in [-0.39, 0.29) is 5.82 Å². The number of hydrogen-bond donors (Lipinski definition) is 2. The Morgan fingerprint density at radius 3 is 2.89 bits per heavy atom. The quantitative estimate of drug-likeness (QED) is 0.891. The van der Waals surface area contributed by atoms with E-state index in [9.17, 15) is 4.79 Å². The average Bonchev–Trinajstić information content (AvgIpc) is 2.76. The first kappa shape index (κ1) is 12.4. The van der Waals surface area contributed by atoms with Crippen LogP contribution >= 0.6 is 11.6 Å². The van der Waals surface area contributed by atoms with Crippen molar-refractivity contribution in [3.63, 3.8) is 0 Å². The van der Waals surface area contributed by atoms with Gasteiger partial charge in [0.15, 0.2) is 0 Å². The van der Waals surface area contributed by atoms with Gasteiger partial charge in [-0.25, -0.2) is 4.98 Å². The molecule has 0 aliphatic rings. The third kappa shape index (κ3) is 2.60. The Labute approximate surface area is 108 Å². The number of benzene rings is 1. The van der Waals surface area contributed by atoms with Crippen molar-refractivity contribution in [2.24, 2.45) is 0 Å². The minimum absolute atomic E-state index is 0.0644. The van der Waals surface area contributed by atoms with Crippen LogP contribution in [0.3, 0.4) is 0 Å². The van der Waals surface area contributed by atoms with E-state index < -0.39 is 5.91 Å². The Kier molecular flexibility index (Phi) is 3.47. The highest BCUT2D eigenvalue weighted by Crippen LogP contribution is 2.27. The van der Waals surface area contributed by atoms with Gasteiger partial charge in [-0.1, -0.05) is 11.6 Å². The van der Waals surface area contributed by atoms with E-state index in [1.54, 1.807) is 25.1 Å². The van der Waals surface area contributed by atoms with Crippen LogP contribution in [0.5, 0.6) is 5.75 Å². The Hall–Kier alpha value is -2.08. The van der Waals surface area contributed by atoms with Gasteiger partial charge in [0.25, 0.3) is 5.91 Å². The molecule has 0 aliphatic carbocycles. The highest BCUT2D eigenvalue weighted by Gasteiger charge is 2.14. The number of carbonyl (C=O) groups is 1. The summed E-state index contributed by atoms with van der Waals surface area (Å²) in [5, 5.41) is 9.50. The molecule has 2 aromatic rings. The third-order valence-electron chi connectivity index (χ3n) is 2.21. The van der Waals surface area contributed by atoms with Crippen LogP contribution in [0.4, 0.5) is 5.69 Å². The van der Waals surface area contributed by atoms with Crippen molar-refractivity contribution in [3.05, 3.63) is 34.9 Å². The third-order valence-corrected chi connectivity index (χ3v) is 2.45. The van der Waals surface area contributed by atoms with Gasteiger partial charge >= 0.3 is 0 Å². The molecule has 0 saturated carbocycles. The van der Waals surface area contributed by atoms with Crippen molar-refractivity contribution in [2.45, 2.75) is 6.92 Å². The summed E-state index contributed by atoms with van der Waals surface area (Å²) in [7, 11) is 1.51.